The number of carboxylic acid groups (broad SMARTS) is 1. The van der Waals surface area contributed by atoms with Crippen molar-refractivity contribution in [1.29, 1.82) is 0 Å². The number of hydrogen-bond donors (Lipinski definition) is 1. The van der Waals surface area contributed by atoms with Crippen LogP contribution in [0.1, 0.15) is 20.9 Å². The summed E-state index contributed by atoms with van der Waals surface area (Å²) in [5, 5.41) is 8.91. The molecule has 0 spiro atoms. The Morgan fingerprint density at radius 1 is 1.41 bits per heavy atom. The molecule has 0 aliphatic heterocycles. The molecule has 0 saturated carbocycles. The number of rotatable bonds is 3. The van der Waals surface area contributed by atoms with Crippen LogP contribution in [0.5, 0.6) is 0 Å². The fourth-order valence-corrected chi connectivity index (χ4v) is 1.56. The quantitative estimate of drug-likeness (QED) is 0.848. The van der Waals surface area contributed by atoms with Gasteiger partial charge in [0.2, 0.25) is 5.76 Å². The number of carbonyl (C=O) groups excluding carboxylic acids is 1. The Morgan fingerprint density at radius 2 is 2.18 bits per heavy atom. The maximum Gasteiger partial charge on any atom is 0.371 e. The van der Waals surface area contributed by atoms with Crippen LogP contribution in [-0.4, -0.2) is 22.3 Å². The van der Waals surface area contributed by atoms with Crippen molar-refractivity contribution in [3.05, 3.63) is 40.9 Å². The number of aromatic carboxylic acids is 1. The van der Waals surface area contributed by atoms with E-state index in [1.54, 1.807) is 0 Å². The molecule has 2 rings (SSSR count). The van der Waals surface area contributed by atoms with Gasteiger partial charge in [0.1, 0.15) is 5.76 Å². The van der Waals surface area contributed by atoms with Crippen LogP contribution in [-0.2, 0) is 0 Å². The van der Waals surface area contributed by atoms with Gasteiger partial charge in [0.25, 0.3) is 0 Å². The Kier molecular flexibility index (Phi) is 2.93. The van der Waals surface area contributed by atoms with Gasteiger partial charge in [-0.3, -0.25) is 9.78 Å². The number of aldehydes is 1. The van der Waals surface area contributed by atoms with Crippen molar-refractivity contribution in [2.75, 3.05) is 0 Å². The second-order valence-electron chi connectivity index (χ2n) is 3.17. The molecule has 0 bridgehead atoms. The second kappa shape index (κ2) is 4.39. The molecule has 5 nitrogen and oxygen atoms in total. The summed E-state index contributed by atoms with van der Waals surface area (Å²) in [6.45, 7) is 0. The smallest absolute Gasteiger partial charge is 0.371 e. The first-order valence-corrected chi connectivity index (χ1v) is 4.93. The minimum absolute atomic E-state index is 0.186. The van der Waals surface area contributed by atoms with Crippen molar-refractivity contribution in [2.45, 2.75) is 0 Å². The van der Waals surface area contributed by atoms with Gasteiger partial charge in [-0.15, -0.1) is 0 Å². The largest absolute Gasteiger partial charge is 0.475 e. The summed E-state index contributed by atoms with van der Waals surface area (Å²) in [5.41, 5.74) is 0.577. The molecule has 86 valence electrons. The monoisotopic (exact) mass is 251 g/mol. The third-order valence-corrected chi connectivity index (χ3v) is 2.44. The van der Waals surface area contributed by atoms with Crippen LogP contribution in [0.25, 0.3) is 11.3 Å². The van der Waals surface area contributed by atoms with E-state index in [9.17, 15) is 9.59 Å². The minimum Gasteiger partial charge on any atom is -0.475 e. The molecule has 0 aliphatic rings. The maximum atomic E-state index is 10.9. The zero-order valence-corrected chi connectivity index (χ0v) is 9.14. The second-order valence-corrected chi connectivity index (χ2v) is 3.58. The molecule has 2 heterocycles. The van der Waals surface area contributed by atoms with Gasteiger partial charge in [0, 0.05) is 23.5 Å². The number of hydrogen-bond acceptors (Lipinski definition) is 4. The van der Waals surface area contributed by atoms with E-state index in [0.717, 1.165) is 0 Å². The van der Waals surface area contributed by atoms with Crippen LogP contribution in [0.2, 0.25) is 5.02 Å². The Balaban J connectivity index is 2.56. The third kappa shape index (κ3) is 2.05. The molecule has 0 saturated heterocycles. The predicted octanol–water partition coefficient (Wildman–Crippen LogP) is 2.51. The molecule has 0 fully saturated rings. The summed E-state index contributed by atoms with van der Waals surface area (Å²) in [6.07, 6.45) is 3.29. The van der Waals surface area contributed by atoms with Crippen molar-refractivity contribution in [3.63, 3.8) is 0 Å². The van der Waals surface area contributed by atoms with E-state index >= 15 is 0 Å². The van der Waals surface area contributed by atoms with Gasteiger partial charge in [-0.2, -0.15) is 0 Å². The fraction of sp³-hybridized carbons (Fsp3) is 0. The van der Waals surface area contributed by atoms with Crippen molar-refractivity contribution in [1.82, 2.24) is 4.98 Å². The molecule has 0 unspecified atom stereocenters. The van der Waals surface area contributed by atoms with Crippen molar-refractivity contribution in [3.8, 4) is 11.3 Å². The highest BCUT2D eigenvalue weighted by Crippen LogP contribution is 2.28. The lowest BCUT2D eigenvalue weighted by Crippen LogP contribution is -1.92. The molecule has 0 aromatic carbocycles. The Morgan fingerprint density at radius 3 is 2.76 bits per heavy atom. The molecule has 0 amide bonds. The first kappa shape index (κ1) is 11.3. The zero-order chi connectivity index (χ0) is 12.4. The van der Waals surface area contributed by atoms with Crippen LogP contribution in [0, 0.1) is 0 Å². The summed E-state index contributed by atoms with van der Waals surface area (Å²) in [5.74, 6) is -1.16. The molecular weight excluding hydrogens is 246 g/mol. The lowest BCUT2D eigenvalue weighted by atomic mass is 10.1. The average molecular weight is 252 g/mol. The molecule has 0 aliphatic carbocycles. The van der Waals surface area contributed by atoms with E-state index in [1.165, 1.54) is 24.5 Å². The Bertz CT molecular complexity index is 591. The maximum absolute atomic E-state index is 10.9. The van der Waals surface area contributed by atoms with Crippen LogP contribution < -0.4 is 0 Å². The van der Waals surface area contributed by atoms with Gasteiger partial charge < -0.3 is 9.52 Å². The van der Waals surface area contributed by atoms with E-state index in [4.69, 9.17) is 21.1 Å². The minimum atomic E-state index is -1.18. The lowest BCUT2D eigenvalue weighted by molar-refractivity contribution is 0.0663. The number of nitrogens with zero attached hydrogens (tertiary/aromatic N) is 1. The van der Waals surface area contributed by atoms with Crippen molar-refractivity contribution < 1.29 is 19.1 Å². The van der Waals surface area contributed by atoms with E-state index in [0.29, 0.717) is 11.8 Å². The number of carboxylic acids is 1. The van der Waals surface area contributed by atoms with Crippen molar-refractivity contribution >= 4 is 23.9 Å². The first-order chi connectivity index (χ1) is 8.13. The number of furan rings is 1. The third-order valence-electron chi connectivity index (χ3n) is 2.14. The number of aromatic nitrogens is 1. The summed E-state index contributed by atoms with van der Waals surface area (Å²) in [4.78, 5) is 25.4. The SMILES string of the molecule is O=Cc1c(Cl)cncc1-c1ccc(C(=O)O)o1. The van der Waals surface area contributed by atoms with E-state index in [2.05, 4.69) is 4.98 Å². The van der Waals surface area contributed by atoms with Gasteiger partial charge in [-0.1, -0.05) is 11.6 Å². The summed E-state index contributed by atoms with van der Waals surface area (Å²) in [6, 6.07) is 2.75. The lowest BCUT2D eigenvalue weighted by Gasteiger charge is -2.01. The Labute approximate surface area is 101 Å². The highest BCUT2D eigenvalue weighted by Gasteiger charge is 2.15. The predicted molar refractivity (Wildman–Crippen MR) is 59.3 cm³/mol. The number of halogens is 1. The van der Waals surface area contributed by atoms with Gasteiger partial charge in [0.15, 0.2) is 6.29 Å². The van der Waals surface area contributed by atoms with Gasteiger partial charge in [0.05, 0.1) is 5.02 Å². The summed E-state index contributed by atoms with van der Waals surface area (Å²) < 4.78 is 5.07. The van der Waals surface area contributed by atoms with Gasteiger partial charge >= 0.3 is 5.97 Å². The molecular formula is C11H6ClNO4. The van der Waals surface area contributed by atoms with Crippen LogP contribution in [0.15, 0.2) is 28.9 Å². The molecule has 2 aromatic rings. The summed E-state index contributed by atoms with van der Waals surface area (Å²) in [7, 11) is 0. The molecule has 17 heavy (non-hydrogen) atoms. The normalized spacial score (nSPS) is 10.2. The topological polar surface area (TPSA) is 80.4 Å². The van der Waals surface area contributed by atoms with Gasteiger partial charge in [-0.05, 0) is 12.1 Å². The highest BCUT2D eigenvalue weighted by atomic mass is 35.5. The average Bonchev–Trinajstić information content (AvgIpc) is 2.77. The van der Waals surface area contributed by atoms with Crippen LogP contribution in [0.4, 0.5) is 0 Å². The molecule has 2 aromatic heterocycles. The number of carbonyl (C=O) groups is 2. The van der Waals surface area contributed by atoms with E-state index in [1.807, 2.05) is 0 Å². The molecule has 0 atom stereocenters. The fourth-order valence-electron chi connectivity index (χ4n) is 1.36. The highest BCUT2D eigenvalue weighted by molar-refractivity contribution is 6.33. The van der Waals surface area contributed by atoms with Crippen LogP contribution in [0.3, 0.4) is 0 Å². The van der Waals surface area contributed by atoms with Gasteiger partial charge in [-0.25, -0.2) is 4.79 Å². The standard InChI is InChI=1S/C11H6ClNO4/c12-8-4-13-3-6(7(8)5-14)9-1-2-10(17-9)11(15)16/h1-5H,(H,15,16). The van der Waals surface area contributed by atoms with E-state index < -0.39 is 5.97 Å². The Hall–Kier alpha value is -2.14. The van der Waals surface area contributed by atoms with Crippen molar-refractivity contribution in [2.24, 2.45) is 0 Å². The zero-order valence-electron chi connectivity index (χ0n) is 8.38. The number of pyridine rings is 1. The molecule has 6 heteroatoms. The van der Waals surface area contributed by atoms with E-state index in [-0.39, 0.29) is 22.1 Å². The first-order valence-electron chi connectivity index (χ1n) is 4.55. The van der Waals surface area contributed by atoms with Crippen LogP contribution >= 0.6 is 11.6 Å². The molecule has 1 N–H and O–H groups in total. The summed E-state index contributed by atoms with van der Waals surface area (Å²) >= 11 is 5.80. The molecule has 0 radical (unpaired) electrons.